The smallest absolute Gasteiger partial charge is 0.417 e. The lowest BCUT2D eigenvalue weighted by molar-refractivity contribution is -0.131. The number of hydrogen-bond acceptors (Lipinski definition) is 2. The highest BCUT2D eigenvalue weighted by atomic mass is 19.4. The van der Waals surface area contributed by atoms with E-state index in [1.165, 1.54) is 12.1 Å². The first-order valence-corrected chi connectivity index (χ1v) is 5.46. The first-order chi connectivity index (χ1) is 8.70. The Morgan fingerprint density at radius 1 is 1.26 bits per heavy atom. The van der Waals surface area contributed by atoms with Crippen LogP contribution in [-0.2, 0) is 11.3 Å². The molecule has 0 spiro atoms. The van der Waals surface area contributed by atoms with Crippen molar-refractivity contribution in [2.24, 2.45) is 0 Å². The minimum atomic E-state index is -4.69. The molecule has 6 heteroatoms. The first kappa shape index (κ1) is 15.2. The van der Waals surface area contributed by atoms with E-state index in [2.05, 4.69) is 0 Å². The van der Waals surface area contributed by atoms with Gasteiger partial charge in [0.15, 0.2) is 0 Å². The lowest BCUT2D eigenvalue weighted by Gasteiger charge is -2.13. The van der Waals surface area contributed by atoms with Crippen LogP contribution in [0, 0.1) is 0 Å². The van der Waals surface area contributed by atoms with Gasteiger partial charge >= 0.3 is 12.1 Å². The van der Waals surface area contributed by atoms with Gasteiger partial charge in [-0.05, 0) is 25.2 Å². The summed E-state index contributed by atoms with van der Waals surface area (Å²) >= 11 is 0. The number of rotatable bonds is 4. The predicted molar refractivity (Wildman–Crippen MR) is 65.5 cm³/mol. The zero-order valence-corrected chi connectivity index (χ0v) is 10.5. The van der Waals surface area contributed by atoms with Gasteiger partial charge in [-0.15, -0.1) is 0 Å². The first-order valence-electron chi connectivity index (χ1n) is 5.46. The van der Waals surface area contributed by atoms with Crippen LogP contribution in [0.3, 0.4) is 0 Å². The number of carboxylic acids is 1. The van der Waals surface area contributed by atoms with E-state index in [0.717, 1.165) is 5.56 Å². The average Bonchev–Trinajstić information content (AvgIpc) is 2.25. The van der Waals surface area contributed by atoms with E-state index in [9.17, 15) is 18.0 Å². The van der Waals surface area contributed by atoms with Crippen molar-refractivity contribution < 1.29 is 23.1 Å². The molecule has 0 bridgehead atoms. The zero-order chi connectivity index (χ0) is 14.6. The summed E-state index contributed by atoms with van der Waals surface area (Å²) in [6, 6.07) is 5.66. The molecule has 0 aliphatic carbocycles. The van der Waals surface area contributed by atoms with Crippen molar-refractivity contribution in [1.29, 1.82) is 0 Å². The SMILES string of the molecule is CN(C)Cc1ccc(/C(=C\C(=O)O)C(F)(F)F)cc1. The summed E-state index contributed by atoms with van der Waals surface area (Å²) in [5.41, 5.74) is -0.459. The lowest BCUT2D eigenvalue weighted by Crippen LogP contribution is -2.13. The fraction of sp³-hybridized carbons (Fsp3) is 0.308. The van der Waals surface area contributed by atoms with Crippen molar-refractivity contribution in [3.05, 3.63) is 41.5 Å². The van der Waals surface area contributed by atoms with E-state index in [4.69, 9.17) is 5.11 Å². The van der Waals surface area contributed by atoms with E-state index in [0.29, 0.717) is 6.54 Å². The van der Waals surface area contributed by atoms with Crippen molar-refractivity contribution in [1.82, 2.24) is 4.90 Å². The van der Waals surface area contributed by atoms with Crippen molar-refractivity contribution in [3.8, 4) is 0 Å². The van der Waals surface area contributed by atoms with Gasteiger partial charge < -0.3 is 10.0 Å². The number of allylic oxidation sites excluding steroid dienone is 1. The Kier molecular flexibility index (Phi) is 4.72. The number of carboxylic acid groups (broad SMARTS) is 1. The average molecular weight is 273 g/mol. The third-order valence-electron chi connectivity index (χ3n) is 2.34. The molecule has 1 rings (SSSR count). The molecular weight excluding hydrogens is 259 g/mol. The number of halogens is 3. The Bertz CT molecular complexity index is 476. The monoisotopic (exact) mass is 273 g/mol. The molecule has 1 N–H and O–H groups in total. The third-order valence-corrected chi connectivity index (χ3v) is 2.34. The van der Waals surface area contributed by atoms with Crippen LogP contribution in [0.25, 0.3) is 5.57 Å². The standard InChI is InChI=1S/C13H14F3NO2/c1-17(2)8-9-3-5-10(6-4-9)11(7-12(18)19)13(14,15)16/h3-7H,8H2,1-2H3,(H,18,19)/b11-7+. The molecular formula is C13H14F3NO2. The maximum atomic E-state index is 12.7. The Hall–Kier alpha value is -1.82. The Balaban J connectivity index is 3.09. The molecule has 0 amide bonds. The maximum Gasteiger partial charge on any atom is 0.417 e. The molecule has 0 heterocycles. The summed E-state index contributed by atoms with van der Waals surface area (Å²) in [6.07, 6.45) is -4.51. The molecule has 0 aliphatic rings. The van der Waals surface area contributed by atoms with Crippen LogP contribution in [0.15, 0.2) is 30.3 Å². The summed E-state index contributed by atoms with van der Waals surface area (Å²) in [7, 11) is 3.69. The fourth-order valence-corrected chi connectivity index (χ4v) is 1.61. The topological polar surface area (TPSA) is 40.5 Å². The Labute approximate surface area is 109 Å². The van der Waals surface area contributed by atoms with Gasteiger partial charge in [-0.2, -0.15) is 13.2 Å². The number of aliphatic carboxylic acids is 1. The Morgan fingerprint density at radius 2 is 1.79 bits per heavy atom. The highest BCUT2D eigenvalue weighted by Gasteiger charge is 2.35. The largest absolute Gasteiger partial charge is 0.478 e. The lowest BCUT2D eigenvalue weighted by atomic mass is 10.0. The molecule has 0 radical (unpaired) electrons. The van der Waals surface area contributed by atoms with Crippen LogP contribution in [0.4, 0.5) is 13.2 Å². The molecule has 19 heavy (non-hydrogen) atoms. The van der Waals surface area contributed by atoms with Gasteiger partial charge in [-0.3, -0.25) is 0 Å². The molecule has 0 aromatic heterocycles. The minimum Gasteiger partial charge on any atom is -0.478 e. The zero-order valence-electron chi connectivity index (χ0n) is 10.5. The van der Waals surface area contributed by atoms with Gasteiger partial charge in [0.25, 0.3) is 0 Å². The van der Waals surface area contributed by atoms with Gasteiger partial charge in [0, 0.05) is 12.6 Å². The van der Waals surface area contributed by atoms with Crippen LogP contribution in [0.1, 0.15) is 11.1 Å². The molecule has 1 aromatic rings. The molecule has 0 aliphatic heterocycles. The van der Waals surface area contributed by atoms with E-state index in [1.54, 1.807) is 12.1 Å². The summed E-state index contributed by atoms with van der Waals surface area (Å²) in [5.74, 6) is -1.62. The highest BCUT2D eigenvalue weighted by Crippen LogP contribution is 2.33. The molecule has 3 nitrogen and oxygen atoms in total. The summed E-state index contributed by atoms with van der Waals surface area (Å²) in [4.78, 5) is 12.3. The minimum absolute atomic E-state index is 0.155. The van der Waals surface area contributed by atoms with E-state index >= 15 is 0 Å². The van der Waals surface area contributed by atoms with Crippen molar-refractivity contribution in [2.45, 2.75) is 12.7 Å². The van der Waals surface area contributed by atoms with E-state index in [1.807, 2.05) is 19.0 Å². The second-order valence-corrected chi connectivity index (χ2v) is 4.33. The second-order valence-electron chi connectivity index (χ2n) is 4.33. The number of nitrogens with zero attached hydrogens (tertiary/aromatic N) is 1. The number of hydrogen-bond donors (Lipinski definition) is 1. The summed E-state index contributed by atoms with van der Waals surface area (Å²) in [5, 5.41) is 8.50. The second kappa shape index (κ2) is 5.88. The van der Waals surface area contributed by atoms with Gasteiger partial charge in [0.2, 0.25) is 0 Å². The van der Waals surface area contributed by atoms with Gasteiger partial charge in [0.05, 0.1) is 5.57 Å². The molecule has 0 atom stereocenters. The van der Waals surface area contributed by atoms with E-state index < -0.39 is 17.7 Å². The molecule has 1 aromatic carbocycles. The number of benzene rings is 1. The highest BCUT2D eigenvalue weighted by molar-refractivity contribution is 5.91. The normalized spacial score (nSPS) is 12.8. The fourth-order valence-electron chi connectivity index (χ4n) is 1.61. The van der Waals surface area contributed by atoms with Crippen LogP contribution in [-0.4, -0.2) is 36.2 Å². The van der Waals surface area contributed by atoms with Crippen LogP contribution in [0.2, 0.25) is 0 Å². The van der Waals surface area contributed by atoms with Crippen LogP contribution < -0.4 is 0 Å². The van der Waals surface area contributed by atoms with Gasteiger partial charge in [0.1, 0.15) is 0 Å². The van der Waals surface area contributed by atoms with Crippen molar-refractivity contribution in [3.63, 3.8) is 0 Å². The third kappa shape index (κ3) is 4.75. The molecule has 0 unspecified atom stereocenters. The van der Waals surface area contributed by atoms with Crippen molar-refractivity contribution in [2.75, 3.05) is 14.1 Å². The van der Waals surface area contributed by atoms with E-state index in [-0.39, 0.29) is 11.6 Å². The molecule has 0 saturated heterocycles. The Morgan fingerprint density at radius 3 is 2.16 bits per heavy atom. The van der Waals surface area contributed by atoms with Gasteiger partial charge in [-0.1, -0.05) is 24.3 Å². The molecule has 104 valence electrons. The summed E-state index contributed by atoms with van der Waals surface area (Å²) in [6.45, 7) is 0.601. The van der Waals surface area contributed by atoms with Crippen LogP contribution >= 0.6 is 0 Å². The van der Waals surface area contributed by atoms with Gasteiger partial charge in [-0.25, -0.2) is 4.79 Å². The predicted octanol–water partition coefficient (Wildman–Crippen LogP) is 2.78. The number of alkyl halides is 3. The molecule has 0 saturated carbocycles. The van der Waals surface area contributed by atoms with Crippen molar-refractivity contribution >= 4 is 11.5 Å². The molecule has 0 fully saturated rings. The van der Waals surface area contributed by atoms with Crippen LogP contribution in [0.5, 0.6) is 0 Å². The quantitative estimate of drug-likeness (QED) is 0.857. The summed E-state index contributed by atoms with van der Waals surface area (Å²) < 4.78 is 38.2. The number of carbonyl (C=O) groups is 1. The maximum absolute atomic E-state index is 12.7.